The number of esters is 1. The van der Waals surface area contributed by atoms with E-state index in [0.29, 0.717) is 11.3 Å². The number of benzene rings is 3. The molecule has 38 heavy (non-hydrogen) atoms. The Labute approximate surface area is 221 Å². The van der Waals surface area contributed by atoms with Gasteiger partial charge in [-0.2, -0.15) is 0 Å². The predicted molar refractivity (Wildman–Crippen MR) is 141 cm³/mol. The second-order valence-corrected chi connectivity index (χ2v) is 10.1. The van der Waals surface area contributed by atoms with E-state index in [4.69, 9.17) is 14.2 Å². The number of amides is 1. The van der Waals surface area contributed by atoms with Gasteiger partial charge in [0, 0.05) is 12.3 Å². The van der Waals surface area contributed by atoms with Gasteiger partial charge >= 0.3 is 18.0 Å². The largest absolute Gasteiger partial charge is 0.482 e. The number of carboxylic acid groups (broad SMARTS) is 1. The van der Waals surface area contributed by atoms with Crippen molar-refractivity contribution in [1.29, 1.82) is 0 Å². The summed E-state index contributed by atoms with van der Waals surface area (Å²) in [7, 11) is 0. The number of hydrogen-bond acceptors (Lipinski definition) is 6. The summed E-state index contributed by atoms with van der Waals surface area (Å²) in [6.07, 6.45) is -0.747. The number of ether oxygens (including phenoxy) is 3. The number of rotatable bonds is 9. The molecule has 1 atom stereocenters. The third kappa shape index (κ3) is 6.70. The molecule has 8 nitrogen and oxygen atoms in total. The fourth-order valence-corrected chi connectivity index (χ4v) is 4.45. The van der Waals surface area contributed by atoms with Crippen LogP contribution in [0.4, 0.5) is 4.79 Å². The first-order valence-electron chi connectivity index (χ1n) is 12.4. The third-order valence-electron chi connectivity index (χ3n) is 6.07. The van der Waals surface area contributed by atoms with E-state index in [-0.39, 0.29) is 25.6 Å². The maximum absolute atomic E-state index is 12.6. The van der Waals surface area contributed by atoms with Gasteiger partial charge in [-0.1, -0.05) is 60.7 Å². The van der Waals surface area contributed by atoms with E-state index in [9.17, 15) is 19.5 Å². The summed E-state index contributed by atoms with van der Waals surface area (Å²) >= 11 is 0. The number of carbonyl (C=O) groups excluding carboxylic acids is 2. The van der Waals surface area contributed by atoms with Gasteiger partial charge in [0.15, 0.2) is 6.61 Å². The molecule has 0 unspecified atom stereocenters. The summed E-state index contributed by atoms with van der Waals surface area (Å²) in [6.45, 7) is 5.17. The van der Waals surface area contributed by atoms with Crippen molar-refractivity contribution in [2.75, 3.05) is 13.2 Å². The molecule has 3 aromatic rings. The molecule has 8 heteroatoms. The van der Waals surface area contributed by atoms with Gasteiger partial charge in [-0.25, -0.2) is 14.4 Å². The lowest BCUT2D eigenvalue weighted by Crippen LogP contribution is -2.42. The summed E-state index contributed by atoms with van der Waals surface area (Å²) in [5.74, 6) is -1.34. The Morgan fingerprint density at radius 1 is 0.895 bits per heavy atom. The minimum atomic E-state index is -1.18. The maximum atomic E-state index is 12.6. The molecule has 1 aliphatic rings. The van der Waals surface area contributed by atoms with Gasteiger partial charge in [-0.15, -0.1) is 0 Å². The second-order valence-electron chi connectivity index (χ2n) is 10.1. The van der Waals surface area contributed by atoms with Crippen LogP contribution in [0, 0.1) is 0 Å². The number of carbonyl (C=O) groups is 3. The Morgan fingerprint density at radius 3 is 2.03 bits per heavy atom. The Balaban J connectivity index is 1.31. The van der Waals surface area contributed by atoms with Gasteiger partial charge in [0.25, 0.3) is 0 Å². The molecule has 0 saturated carbocycles. The smallest absolute Gasteiger partial charge is 0.407 e. The van der Waals surface area contributed by atoms with Crippen molar-refractivity contribution < 1.29 is 33.7 Å². The molecule has 2 N–H and O–H groups in total. The topological polar surface area (TPSA) is 111 Å². The lowest BCUT2D eigenvalue weighted by molar-refractivity contribution is -0.157. The molecule has 0 aromatic heterocycles. The second kappa shape index (κ2) is 11.4. The fraction of sp³-hybridized carbons (Fsp3) is 0.300. The Morgan fingerprint density at radius 2 is 1.47 bits per heavy atom. The quantitative estimate of drug-likeness (QED) is 0.387. The number of fused-ring (bicyclic) bond motifs is 3. The highest BCUT2D eigenvalue weighted by molar-refractivity contribution is 5.81. The van der Waals surface area contributed by atoms with Crippen molar-refractivity contribution in [2.45, 2.75) is 44.8 Å². The zero-order valence-electron chi connectivity index (χ0n) is 21.6. The number of alkyl carbamates (subject to hydrolysis) is 1. The molecule has 0 aliphatic heterocycles. The van der Waals surface area contributed by atoms with Crippen LogP contribution in [0.1, 0.15) is 43.4 Å². The van der Waals surface area contributed by atoms with E-state index in [1.807, 2.05) is 48.5 Å². The Bertz CT molecular complexity index is 1270. The van der Waals surface area contributed by atoms with Gasteiger partial charge in [-0.3, -0.25) is 0 Å². The highest BCUT2D eigenvalue weighted by Gasteiger charge is 2.30. The monoisotopic (exact) mass is 517 g/mol. The van der Waals surface area contributed by atoms with Gasteiger partial charge < -0.3 is 24.6 Å². The van der Waals surface area contributed by atoms with Crippen LogP contribution in [0.15, 0.2) is 72.8 Å². The number of aliphatic carboxylic acids is 1. The van der Waals surface area contributed by atoms with Gasteiger partial charge in [0.1, 0.15) is 24.0 Å². The zero-order valence-corrected chi connectivity index (χ0v) is 21.6. The van der Waals surface area contributed by atoms with Gasteiger partial charge in [0.2, 0.25) is 0 Å². The van der Waals surface area contributed by atoms with E-state index >= 15 is 0 Å². The molecule has 0 heterocycles. The van der Waals surface area contributed by atoms with E-state index < -0.39 is 29.7 Å². The molecular formula is C30H31NO7. The van der Waals surface area contributed by atoms with Crippen molar-refractivity contribution >= 4 is 18.0 Å². The molecule has 198 valence electrons. The average molecular weight is 518 g/mol. The Hall–Kier alpha value is -4.33. The lowest BCUT2D eigenvalue weighted by Gasteiger charge is -2.19. The molecular weight excluding hydrogens is 486 g/mol. The third-order valence-corrected chi connectivity index (χ3v) is 6.07. The first-order chi connectivity index (χ1) is 18.1. The molecule has 1 amide bonds. The molecule has 0 bridgehead atoms. The molecule has 0 radical (unpaired) electrons. The number of carboxylic acids is 1. The highest BCUT2D eigenvalue weighted by atomic mass is 16.6. The van der Waals surface area contributed by atoms with Crippen LogP contribution in [0.3, 0.4) is 0 Å². The Kier molecular flexibility index (Phi) is 8.00. The summed E-state index contributed by atoms with van der Waals surface area (Å²) in [6, 6.07) is 21.4. The molecule has 0 spiro atoms. The normalized spacial score (nSPS) is 13.1. The first-order valence-corrected chi connectivity index (χ1v) is 12.4. The number of hydrogen-bond donors (Lipinski definition) is 2. The van der Waals surface area contributed by atoms with E-state index in [0.717, 1.165) is 22.3 Å². The van der Waals surface area contributed by atoms with Crippen molar-refractivity contribution in [2.24, 2.45) is 0 Å². The van der Waals surface area contributed by atoms with Crippen LogP contribution < -0.4 is 10.1 Å². The van der Waals surface area contributed by atoms with E-state index in [1.54, 1.807) is 45.0 Å². The first kappa shape index (κ1) is 26.7. The minimum Gasteiger partial charge on any atom is -0.482 e. The fourth-order valence-electron chi connectivity index (χ4n) is 4.45. The number of nitrogens with one attached hydrogen (secondary N) is 1. The standard InChI is InChI=1S/C30H31NO7/c1-30(2,3)38-27(32)18-36-20-14-12-19(13-15-20)16-26(28(33)34)31-29(35)37-17-25-23-10-6-4-8-21(23)22-9-5-7-11-24(22)25/h4-15,25-26H,16-18H2,1-3H3,(H,31,35)(H,33,34)/t26-/m0/s1. The summed E-state index contributed by atoms with van der Waals surface area (Å²) in [5.41, 5.74) is 4.44. The molecule has 3 aromatic carbocycles. The molecule has 4 rings (SSSR count). The molecule has 0 fully saturated rings. The van der Waals surface area contributed by atoms with Crippen LogP contribution >= 0.6 is 0 Å². The molecule has 1 aliphatic carbocycles. The van der Waals surface area contributed by atoms with Gasteiger partial charge in [0.05, 0.1) is 0 Å². The van der Waals surface area contributed by atoms with Crippen molar-refractivity contribution in [1.82, 2.24) is 5.32 Å². The minimum absolute atomic E-state index is 0.0475. The van der Waals surface area contributed by atoms with Crippen molar-refractivity contribution in [3.63, 3.8) is 0 Å². The molecule has 0 saturated heterocycles. The SMILES string of the molecule is CC(C)(C)OC(=O)COc1ccc(C[C@H](NC(=O)OCC2c3ccccc3-c3ccccc32)C(=O)O)cc1. The van der Waals surface area contributed by atoms with Crippen LogP contribution in [-0.2, 0) is 25.5 Å². The average Bonchev–Trinajstić information content (AvgIpc) is 3.19. The van der Waals surface area contributed by atoms with Crippen molar-refractivity contribution in [3.05, 3.63) is 89.5 Å². The predicted octanol–water partition coefficient (Wildman–Crippen LogP) is 4.94. The van der Waals surface area contributed by atoms with Crippen LogP contribution in [0.5, 0.6) is 5.75 Å². The van der Waals surface area contributed by atoms with E-state index in [1.165, 1.54) is 0 Å². The van der Waals surface area contributed by atoms with E-state index in [2.05, 4.69) is 5.32 Å². The highest BCUT2D eigenvalue weighted by Crippen LogP contribution is 2.44. The maximum Gasteiger partial charge on any atom is 0.407 e. The van der Waals surface area contributed by atoms with Gasteiger partial charge in [-0.05, 0) is 60.7 Å². The lowest BCUT2D eigenvalue weighted by atomic mass is 9.98. The van der Waals surface area contributed by atoms with Crippen molar-refractivity contribution in [3.8, 4) is 16.9 Å². The van der Waals surface area contributed by atoms with Crippen LogP contribution in [0.2, 0.25) is 0 Å². The summed E-state index contributed by atoms with van der Waals surface area (Å²) in [4.78, 5) is 36.2. The zero-order chi connectivity index (χ0) is 27.3. The summed E-state index contributed by atoms with van der Waals surface area (Å²) in [5, 5.41) is 12.1. The van der Waals surface area contributed by atoms with Crippen LogP contribution in [-0.4, -0.2) is 48.0 Å². The summed E-state index contributed by atoms with van der Waals surface area (Å²) < 4.78 is 16.1. The van der Waals surface area contributed by atoms with Crippen LogP contribution in [0.25, 0.3) is 11.1 Å².